The summed E-state index contributed by atoms with van der Waals surface area (Å²) in [6.07, 6.45) is -0.608. The van der Waals surface area contributed by atoms with Crippen LogP contribution in [0.5, 0.6) is 0 Å². The van der Waals surface area contributed by atoms with Gasteiger partial charge >= 0.3 is 15.2 Å². The van der Waals surface area contributed by atoms with Crippen LogP contribution in [0, 0.1) is 0 Å². The lowest BCUT2D eigenvalue weighted by Crippen LogP contribution is -2.42. The molecule has 0 fully saturated rings. The zero-order valence-corrected chi connectivity index (χ0v) is 13.6. The number of nitrogens with zero attached hydrogens (tertiary/aromatic N) is 1. The summed E-state index contributed by atoms with van der Waals surface area (Å²) in [6.45, 7) is 1.09. The minimum atomic E-state index is -5.34. The normalized spacial score (nSPS) is 14.7. The van der Waals surface area contributed by atoms with Crippen molar-refractivity contribution in [3.63, 3.8) is 0 Å². The van der Waals surface area contributed by atoms with E-state index >= 15 is 0 Å². The van der Waals surface area contributed by atoms with Gasteiger partial charge in [-0.2, -0.15) is 12.6 Å². The van der Waals surface area contributed by atoms with Gasteiger partial charge in [-0.25, -0.2) is 0 Å². The average Bonchev–Trinajstić information content (AvgIpc) is 2.13. The Morgan fingerprint density at radius 2 is 1.47 bits per heavy atom. The van der Waals surface area contributed by atoms with Gasteiger partial charge in [0.2, 0.25) is 0 Å². The summed E-state index contributed by atoms with van der Waals surface area (Å²) in [5.74, 6) is 0.605. The second-order valence-corrected chi connectivity index (χ2v) is 9.53. The van der Waals surface area contributed by atoms with Gasteiger partial charge in [-0.15, -0.1) is 0 Å². The smallest absolute Gasteiger partial charge is 0.368 e. The maximum Gasteiger partial charge on any atom is 0.369 e. The van der Waals surface area contributed by atoms with Crippen LogP contribution < -0.4 is 0 Å². The van der Waals surface area contributed by atoms with E-state index in [1.54, 1.807) is 0 Å². The molecule has 0 aromatic rings. The van der Waals surface area contributed by atoms with Gasteiger partial charge in [-0.3, -0.25) is 9.13 Å². The fourth-order valence-electron chi connectivity index (χ4n) is 1.59. The highest BCUT2D eigenvalue weighted by molar-refractivity contribution is 7.80. The van der Waals surface area contributed by atoms with Crippen molar-refractivity contribution in [2.24, 2.45) is 0 Å². The van der Waals surface area contributed by atoms with Crippen LogP contribution in [0.1, 0.15) is 12.8 Å². The second kappa shape index (κ2) is 6.56. The quantitative estimate of drug-likeness (QED) is 0.204. The van der Waals surface area contributed by atoms with Crippen molar-refractivity contribution >= 4 is 27.8 Å². The van der Waals surface area contributed by atoms with Crippen LogP contribution in [-0.2, 0) is 9.13 Å². The summed E-state index contributed by atoms with van der Waals surface area (Å²) in [6, 6.07) is 0. The molecule has 0 aromatic heterocycles. The maximum absolute atomic E-state index is 11.1. The molecule has 0 heterocycles. The number of hydrogen-bond acceptors (Lipinski definition) is 4. The van der Waals surface area contributed by atoms with Crippen molar-refractivity contribution in [1.82, 2.24) is 0 Å². The molecule has 0 atom stereocenters. The first-order chi connectivity index (χ1) is 8.27. The van der Waals surface area contributed by atoms with Crippen molar-refractivity contribution in [1.29, 1.82) is 0 Å². The highest BCUT2D eigenvalue weighted by Gasteiger charge is 2.58. The van der Waals surface area contributed by atoms with Crippen LogP contribution in [0.15, 0.2) is 0 Å². The van der Waals surface area contributed by atoms with E-state index in [1.165, 1.54) is 0 Å². The standard InChI is InChI=1S/C8H21NO7P2S/c1-9(2,6-7-19)5-3-4-8(10,17(11,12)13)18(14,15)16/h10H,3-7H2,1-2H3,(H4-,11,12,13,14,15,16,19)/p+1. The van der Waals surface area contributed by atoms with Crippen LogP contribution in [0.3, 0.4) is 0 Å². The summed E-state index contributed by atoms with van der Waals surface area (Å²) in [5, 5.41) is 6.36. The fourth-order valence-corrected chi connectivity index (χ4v) is 4.39. The van der Waals surface area contributed by atoms with Gasteiger partial charge in [0.25, 0.3) is 5.08 Å². The molecule has 0 rings (SSSR count). The van der Waals surface area contributed by atoms with Crippen molar-refractivity contribution in [2.45, 2.75) is 17.9 Å². The molecule has 5 N–H and O–H groups in total. The Labute approximate surface area is 117 Å². The molecule has 0 saturated heterocycles. The minimum Gasteiger partial charge on any atom is -0.368 e. The Kier molecular flexibility index (Phi) is 6.75. The SMILES string of the molecule is C[N+](C)(CCS)CCCC(O)(P(=O)(O)O)P(=O)(O)O. The van der Waals surface area contributed by atoms with Gasteiger partial charge in [0.05, 0.1) is 27.2 Å². The van der Waals surface area contributed by atoms with Crippen LogP contribution in [0.2, 0.25) is 0 Å². The number of thiol groups is 1. The van der Waals surface area contributed by atoms with Crippen LogP contribution in [0.4, 0.5) is 0 Å². The molecule has 8 nitrogen and oxygen atoms in total. The highest BCUT2D eigenvalue weighted by Crippen LogP contribution is 2.69. The molecule has 0 spiro atoms. The summed E-state index contributed by atoms with van der Waals surface area (Å²) in [4.78, 5) is 35.8. The Hall–Kier alpha value is 0.570. The molecular weight excluding hydrogens is 316 g/mol. The summed E-state index contributed by atoms with van der Waals surface area (Å²) < 4.78 is 22.7. The molecule has 11 heteroatoms. The van der Waals surface area contributed by atoms with E-state index < -0.39 is 26.7 Å². The van der Waals surface area contributed by atoms with E-state index in [0.717, 1.165) is 0 Å². The average molecular weight is 338 g/mol. The third-order valence-corrected chi connectivity index (χ3v) is 6.99. The van der Waals surface area contributed by atoms with Gasteiger partial charge in [0, 0.05) is 18.6 Å². The van der Waals surface area contributed by atoms with Gasteiger partial charge in [-0.05, 0) is 0 Å². The van der Waals surface area contributed by atoms with Gasteiger partial charge in [-0.1, -0.05) is 0 Å². The molecule has 0 amide bonds. The predicted molar refractivity (Wildman–Crippen MR) is 74.0 cm³/mol. The van der Waals surface area contributed by atoms with Crippen LogP contribution in [0.25, 0.3) is 0 Å². The topological polar surface area (TPSA) is 135 Å². The first-order valence-corrected chi connectivity index (χ1v) is 9.39. The lowest BCUT2D eigenvalue weighted by molar-refractivity contribution is -0.888. The van der Waals surface area contributed by atoms with Crippen LogP contribution >= 0.6 is 27.8 Å². The molecule has 0 aromatic carbocycles. The number of hydrogen-bond donors (Lipinski definition) is 6. The monoisotopic (exact) mass is 338 g/mol. The molecular formula is C8H22NO7P2S+. The molecule has 0 unspecified atom stereocenters. The number of rotatable bonds is 8. The third kappa shape index (κ3) is 5.46. The highest BCUT2D eigenvalue weighted by atomic mass is 32.1. The maximum atomic E-state index is 11.1. The molecule has 0 aliphatic heterocycles. The largest absolute Gasteiger partial charge is 0.369 e. The summed E-state index contributed by atoms with van der Waals surface area (Å²) in [7, 11) is -6.97. The first kappa shape index (κ1) is 19.6. The number of quaternary nitrogens is 1. The zero-order chi connectivity index (χ0) is 15.5. The van der Waals surface area contributed by atoms with E-state index in [-0.39, 0.29) is 6.42 Å². The van der Waals surface area contributed by atoms with Crippen molar-refractivity contribution < 1.29 is 38.3 Å². The van der Waals surface area contributed by atoms with E-state index in [2.05, 4.69) is 12.6 Å². The third-order valence-electron chi connectivity index (χ3n) is 2.91. The van der Waals surface area contributed by atoms with Crippen LogP contribution in [-0.4, -0.2) is 67.2 Å². The molecule has 0 radical (unpaired) electrons. The Balaban J connectivity index is 4.83. The fraction of sp³-hybridized carbons (Fsp3) is 1.00. The Morgan fingerprint density at radius 1 is 1.05 bits per heavy atom. The molecule has 116 valence electrons. The molecule has 0 saturated carbocycles. The Morgan fingerprint density at radius 3 is 1.79 bits per heavy atom. The Bertz CT molecular complexity index is 369. The van der Waals surface area contributed by atoms with E-state index in [0.29, 0.717) is 23.3 Å². The lowest BCUT2D eigenvalue weighted by Gasteiger charge is -2.32. The van der Waals surface area contributed by atoms with E-state index in [1.807, 2.05) is 14.1 Å². The molecule has 19 heavy (non-hydrogen) atoms. The lowest BCUT2D eigenvalue weighted by atomic mass is 10.3. The predicted octanol–water partition coefficient (Wildman–Crippen LogP) is -0.226. The second-order valence-electron chi connectivity index (χ2n) is 5.07. The van der Waals surface area contributed by atoms with Crippen molar-refractivity contribution in [3.05, 3.63) is 0 Å². The molecule has 0 aliphatic rings. The zero-order valence-electron chi connectivity index (χ0n) is 10.9. The van der Waals surface area contributed by atoms with Gasteiger partial charge in [0.15, 0.2) is 0 Å². The summed E-state index contributed by atoms with van der Waals surface area (Å²) >= 11 is 4.07. The summed E-state index contributed by atoms with van der Waals surface area (Å²) in [5.41, 5.74) is 0. The van der Waals surface area contributed by atoms with Gasteiger partial charge in [0.1, 0.15) is 0 Å². The molecule has 0 bridgehead atoms. The minimum absolute atomic E-state index is 0.0630. The molecule has 0 aliphatic carbocycles. The van der Waals surface area contributed by atoms with E-state index in [4.69, 9.17) is 19.6 Å². The number of aliphatic hydroxyl groups is 1. The van der Waals surface area contributed by atoms with Crippen molar-refractivity contribution in [3.8, 4) is 0 Å². The van der Waals surface area contributed by atoms with Gasteiger partial charge < -0.3 is 29.2 Å². The van der Waals surface area contributed by atoms with Crippen molar-refractivity contribution in [2.75, 3.05) is 32.9 Å². The van der Waals surface area contributed by atoms with E-state index in [9.17, 15) is 14.2 Å². The first-order valence-electron chi connectivity index (χ1n) is 5.53.